The van der Waals surface area contributed by atoms with E-state index in [9.17, 15) is 4.79 Å². The molecule has 2 fully saturated rings. The maximum absolute atomic E-state index is 12.2. The Bertz CT molecular complexity index is 460. The minimum Gasteiger partial charge on any atom is -0.342 e. The van der Waals surface area contributed by atoms with Crippen LogP contribution in [-0.4, -0.2) is 37.0 Å². The van der Waals surface area contributed by atoms with Crippen molar-refractivity contribution in [2.24, 2.45) is 0 Å². The van der Waals surface area contributed by atoms with E-state index in [1.807, 2.05) is 4.90 Å². The van der Waals surface area contributed by atoms with Gasteiger partial charge < -0.3 is 10.2 Å². The number of likely N-dealkylation sites (tertiary alicyclic amines) is 1. The average molecular weight is 272 g/mol. The van der Waals surface area contributed by atoms with Gasteiger partial charge in [0.1, 0.15) is 0 Å². The van der Waals surface area contributed by atoms with Gasteiger partial charge in [0.2, 0.25) is 5.91 Å². The van der Waals surface area contributed by atoms with Gasteiger partial charge in [0.15, 0.2) is 0 Å². The minimum absolute atomic E-state index is 0.293. The Kier molecular flexibility index (Phi) is 4.36. The van der Waals surface area contributed by atoms with Gasteiger partial charge in [0, 0.05) is 19.6 Å². The molecule has 0 aliphatic carbocycles. The second kappa shape index (κ2) is 6.40. The number of piperidine rings is 1. The van der Waals surface area contributed by atoms with Crippen LogP contribution >= 0.6 is 0 Å². The van der Waals surface area contributed by atoms with Gasteiger partial charge in [-0.1, -0.05) is 24.3 Å². The average Bonchev–Trinajstić information content (AvgIpc) is 3.03. The molecule has 2 saturated heterocycles. The molecule has 108 valence electrons. The van der Waals surface area contributed by atoms with Crippen molar-refractivity contribution in [3.05, 3.63) is 35.4 Å². The van der Waals surface area contributed by atoms with Gasteiger partial charge in [-0.3, -0.25) is 4.79 Å². The minimum atomic E-state index is 0.293. The SMILES string of the molecule is O=C(Cc1cccc(C2CCCNC2)c1)N1CCCC1. The van der Waals surface area contributed by atoms with Gasteiger partial charge >= 0.3 is 0 Å². The third kappa shape index (κ3) is 3.21. The summed E-state index contributed by atoms with van der Waals surface area (Å²) in [6.07, 6.45) is 5.41. The number of nitrogens with zero attached hydrogens (tertiary/aromatic N) is 1. The summed E-state index contributed by atoms with van der Waals surface area (Å²) in [7, 11) is 0. The van der Waals surface area contributed by atoms with Crippen molar-refractivity contribution in [1.82, 2.24) is 10.2 Å². The molecular formula is C17H24N2O. The van der Waals surface area contributed by atoms with Crippen LogP contribution < -0.4 is 5.32 Å². The molecule has 1 amide bonds. The van der Waals surface area contributed by atoms with E-state index in [-0.39, 0.29) is 0 Å². The lowest BCUT2D eigenvalue weighted by Gasteiger charge is -2.23. The normalized spacial score (nSPS) is 23.0. The summed E-state index contributed by atoms with van der Waals surface area (Å²) in [6.45, 7) is 4.11. The molecule has 3 rings (SSSR count). The van der Waals surface area contributed by atoms with Crippen molar-refractivity contribution in [1.29, 1.82) is 0 Å². The van der Waals surface area contributed by atoms with Crippen LogP contribution in [0.3, 0.4) is 0 Å². The molecule has 0 radical (unpaired) electrons. The largest absolute Gasteiger partial charge is 0.342 e. The van der Waals surface area contributed by atoms with Crippen molar-refractivity contribution in [3.8, 4) is 0 Å². The van der Waals surface area contributed by atoms with Gasteiger partial charge in [0.25, 0.3) is 0 Å². The molecule has 1 aromatic rings. The maximum atomic E-state index is 12.2. The van der Waals surface area contributed by atoms with Gasteiger partial charge in [-0.05, 0) is 49.3 Å². The Labute approximate surface area is 121 Å². The lowest BCUT2D eigenvalue weighted by molar-refractivity contribution is -0.129. The highest BCUT2D eigenvalue weighted by molar-refractivity contribution is 5.79. The first-order valence-electron chi connectivity index (χ1n) is 7.90. The second-order valence-electron chi connectivity index (χ2n) is 6.05. The molecule has 1 aromatic carbocycles. The smallest absolute Gasteiger partial charge is 0.226 e. The third-order valence-electron chi connectivity index (χ3n) is 4.53. The number of nitrogens with one attached hydrogen (secondary N) is 1. The van der Waals surface area contributed by atoms with Crippen LogP contribution in [0.1, 0.15) is 42.7 Å². The van der Waals surface area contributed by atoms with Gasteiger partial charge in [-0.15, -0.1) is 0 Å². The first-order chi connectivity index (χ1) is 9.83. The first-order valence-corrected chi connectivity index (χ1v) is 7.90. The number of benzene rings is 1. The van der Waals surface area contributed by atoms with Crippen molar-refractivity contribution in [2.75, 3.05) is 26.2 Å². The monoisotopic (exact) mass is 272 g/mol. The first kappa shape index (κ1) is 13.6. The van der Waals surface area contributed by atoms with E-state index in [2.05, 4.69) is 29.6 Å². The molecule has 2 heterocycles. The predicted molar refractivity (Wildman–Crippen MR) is 80.8 cm³/mol. The summed E-state index contributed by atoms with van der Waals surface area (Å²) < 4.78 is 0. The molecule has 2 aliphatic rings. The number of carbonyl (C=O) groups is 1. The molecule has 0 spiro atoms. The van der Waals surface area contributed by atoms with Crippen LogP contribution in [-0.2, 0) is 11.2 Å². The summed E-state index contributed by atoms with van der Waals surface area (Å²) in [6, 6.07) is 8.65. The zero-order valence-electron chi connectivity index (χ0n) is 12.1. The van der Waals surface area contributed by atoms with Crippen LogP contribution in [0.5, 0.6) is 0 Å². The zero-order valence-corrected chi connectivity index (χ0v) is 12.1. The van der Waals surface area contributed by atoms with Gasteiger partial charge in [-0.25, -0.2) is 0 Å². The fraction of sp³-hybridized carbons (Fsp3) is 0.588. The Morgan fingerprint density at radius 2 is 2.10 bits per heavy atom. The Hall–Kier alpha value is -1.35. The molecule has 1 atom stereocenters. The second-order valence-corrected chi connectivity index (χ2v) is 6.05. The quantitative estimate of drug-likeness (QED) is 0.916. The zero-order chi connectivity index (χ0) is 13.8. The van der Waals surface area contributed by atoms with E-state index in [4.69, 9.17) is 0 Å². The van der Waals surface area contributed by atoms with Gasteiger partial charge in [0.05, 0.1) is 6.42 Å². The fourth-order valence-corrected chi connectivity index (χ4v) is 3.35. The van der Waals surface area contributed by atoms with E-state index in [1.54, 1.807) is 0 Å². The number of rotatable bonds is 3. The predicted octanol–water partition coefficient (Wildman–Crippen LogP) is 2.32. The molecule has 3 nitrogen and oxygen atoms in total. The summed E-state index contributed by atoms with van der Waals surface area (Å²) in [5, 5.41) is 3.46. The van der Waals surface area contributed by atoms with Crippen LogP contribution in [0.2, 0.25) is 0 Å². The molecule has 0 bridgehead atoms. The van der Waals surface area contributed by atoms with E-state index >= 15 is 0 Å². The highest BCUT2D eigenvalue weighted by Gasteiger charge is 2.19. The molecule has 2 aliphatic heterocycles. The van der Waals surface area contributed by atoms with Crippen LogP contribution in [0.15, 0.2) is 24.3 Å². The lowest BCUT2D eigenvalue weighted by atomic mass is 9.90. The highest BCUT2D eigenvalue weighted by atomic mass is 16.2. The molecular weight excluding hydrogens is 248 g/mol. The fourth-order valence-electron chi connectivity index (χ4n) is 3.35. The van der Waals surface area contributed by atoms with E-state index in [0.717, 1.165) is 26.2 Å². The van der Waals surface area contributed by atoms with Crippen LogP contribution in [0.25, 0.3) is 0 Å². The number of hydrogen-bond donors (Lipinski definition) is 1. The van der Waals surface area contributed by atoms with E-state index in [1.165, 1.54) is 36.8 Å². The molecule has 1 N–H and O–H groups in total. The standard InChI is InChI=1S/C17H24N2O/c20-17(19-9-1-2-10-19)12-14-5-3-6-15(11-14)16-7-4-8-18-13-16/h3,5-6,11,16,18H,1-2,4,7-10,12-13H2. The summed E-state index contributed by atoms with van der Waals surface area (Å²) in [5.74, 6) is 0.909. The Balaban J connectivity index is 1.65. The Morgan fingerprint density at radius 3 is 2.85 bits per heavy atom. The molecule has 0 aromatic heterocycles. The van der Waals surface area contributed by atoms with E-state index in [0.29, 0.717) is 18.2 Å². The summed E-state index contributed by atoms with van der Waals surface area (Å²) in [5.41, 5.74) is 2.56. The van der Waals surface area contributed by atoms with Crippen molar-refractivity contribution < 1.29 is 4.79 Å². The van der Waals surface area contributed by atoms with E-state index < -0.39 is 0 Å². The number of carbonyl (C=O) groups excluding carboxylic acids is 1. The number of amides is 1. The maximum Gasteiger partial charge on any atom is 0.226 e. The topological polar surface area (TPSA) is 32.3 Å². The molecule has 3 heteroatoms. The molecule has 0 saturated carbocycles. The van der Waals surface area contributed by atoms with Crippen LogP contribution in [0.4, 0.5) is 0 Å². The van der Waals surface area contributed by atoms with Crippen molar-refractivity contribution in [2.45, 2.75) is 38.0 Å². The molecule has 1 unspecified atom stereocenters. The Morgan fingerprint density at radius 1 is 1.25 bits per heavy atom. The molecule has 20 heavy (non-hydrogen) atoms. The van der Waals surface area contributed by atoms with Crippen LogP contribution in [0, 0.1) is 0 Å². The van der Waals surface area contributed by atoms with Crippen molar-refractivity contribution >= 4 is 5.91 Å². The summed E-state index contributed by atoms with van der Waals surface area (Å²) >= 11 is 0. The lowest BCUT2D eigenvalue weighted by Crippen LogP contribution is -2.29. The number of hydrogen-bond acceptors (Lipinski definition) is 2. The highest BCUT2D eigenvalue weighted by Crippen LogP contribution is 2.24. The van der Waals surface area contributed by atoms with Crippen molar-refractivity contribution in [3.63, 3.8) is 0 Å². The van der Waals surface area contributed by atoms with Gasteiger partial charge in [-0.2, -0.15) is 0 Å². The summed E-state index contributed by atoms with van der Waals surface area (Å²) in [4.78, 5) is 14.2. The third-order valence-corrected chi connectivity index (χ3v) is 4.53.